The molecule has 0 bridgehead atoms. The molecule has 0 amide bonds. The first-order valence-electron chi connectivity index (χ1n) is 6.76. The summed E-state index contributed by atoms with van der Waals surface area (Å²) in [4.78, 5) is 11.1. The smallest absolute Gasteiger partial charge is 0.337 e. The molecule has 0 fully saturated rings. The molecule has 0 heterocycles. The van der Waals surface area contributed by atoms with Crippen LogP contribution in [0.25, 0.3) is 0 Å². The summed E-state index contributed by atoms with van der Waals surface area (Å²) in [6, 6.07) is 10.3. The second kappa shape index (κ2) is 8.12. The molecule has 2 aromatic rings. The van der Waals surface area contributed by atoms with E-state index >= 15 is 0 Å². The summed E-state index contributed by atoms with van der Waals surface area (Å²) in [6.45, 7) is 2.48. The maximum Gasteiger partial charge on any atom is 0.337 e. The van der Waals surface area contributed by atoms with Crippen molar-refractivity contribution >= 4 is 49.7 Å². The van der Waals surface area contributed by atoms with Crippen LogP contribution in [0, 0.1) is 0 Å². The predicted octanol–water partition coefficient (Wildman–Crippen LogP) is 4.75. The van der Waals surface area contributed by atoms with Crippen LogP contribution >= 0.6 is 31.9 Å². The molecule has 7 heteroatoms. The SMILES string of the molecule is CCOc1c(Br)cc(C=NNc2ccccc2C(=O)O)cc1Br. The van der Waals surface area contributed by atoms with E-state index in [4.69, 9.17) is 9.84 Å². The van der Waals surface area contributed by atoms with Crippen LogP contribution in [0.5, 0.6) is 5.75 Å². The first-order valence-corrected chi connectivity index (χ1v) is 8.34. The van der Waals surface area contributed by atoms with Crippen LogP contribution in [0.15, 0.2) is 50.4 Å². The van der Waals surface area contributed by atoms with Crippen LogP contribution in [-0.4, -0.2) is 23.9 Å². The highest BCUT2D eigenvalue weighted by molar-refractivity contribution is 9.11. The van der Waals surface area contributed by atoms with Crippen LogP contribution in [0.2, 0.25) is 0 Å². The van der Waals surface area contributed by atoms with E-state index in [9.17, 15) is 4.79 Å². The van der Waals surface area contributed by atoms with Gasteiger partial charge in [0.1, 0.15) is 5.75 Å². The molecule has 5 nitrogen and oxygen atoms in total. The molecule has 2 N–H and O–H groups in total. The van der Waals surface area contributed by atoms with Crippen LogP contribution in [0.3, 0.4) is 0 Å². The molecule has 0 aliphatic rings. The van der Waals surface area contributed by atoms with Crippen molar-refractivity contribution < 1.29 is 14.6 Å². The number of hydrogen-bond donors (Lipinski definition) is 2. The van der Waals surface area contributed by atoms with Crippen molar-refractivity contribution in [2.75, 3.05) is 12.0 Å². The quantitative estimate of drug-likeness (QED) is 0.501. The molecule has 0 radical (unpaired) electrons. The maximum atomic E-state index is 11.1. The van der Waals surface area contributed by atoms with Gasteiger partial charge in [0.2, 0.25) is 0 Å². The average Bonchev–Trinajstić information content (AvgIpc) is 2.51. The minimum Gasteiger partial charge on any atom is -0.492 e. The third kappa shape index (κ3) is 4.56. The highest BCUT2D eigenvalue weighted by Gasteiger charge is 2.09. The third-order valence-corrected chi connectivity index (χ3v) is 4.04. The largest absolute Gasteiger partial charge is 0.492 e. The van der Waals surface area contributed by atoms with Crippen LogP contribution in [0.1, 0.15) is 22.8 Å². The molecule has 0 atom stereocenters. The van der Waals surface area contributed by atoms with Gasteiger partial charge in [-0.2, -0.15) is 5.10 Å². The molecule has 2 rings (SSSR count). The van der Waals surface area contributed by atoms with Crippen molar-refractivity contribution in [3.05, 3.63) is 56.5 Å². The lowest BCUT2D eigenvalue weighted by atomic mass is 10.2. The molecule has 120 valence electrons. The zero-order valence-electron chi connectivity index (χ0n) is 12.2. The van der Waals surface area contributed by atoms with Gasteiger partial charge in [0.25, 0.3) is 0 Å². The maximum absolute atomic E-state index is 11.1. The van der Waals surface area contributed by atoms with Crippen molar-refractivity contribution in [1.29, 1.82) is 0 Å². The van der Waals surface area contributed by atoms with E-state index in [0.717, 1.165) is 20.3 Å². The van der Waals surface area contributed by atoms with Gasteiger partial charge in [0.05, 0.1) is 33.0 Å². The molecule has 0 saturated heterocycles. The number of hydrazone groups is 1. The van der Waals surface area contributed by atoms with E-state index in [-0.39, 0.29) is 5.56 Å². The number of carboxylic acid groups (broad SMARTS) is 1. The lowest BCUT2D eigenvalue weighted by Crippen LogP contribution is -2.02. The van der Waals surface area contributed by atoms with Gasteiger partial charge in [-0.15, -0.1) is 0 Å². The summed E-state index contributed by atoms with van der Waals surface area (Å²) in [6.07, 6.45) is 1.60. The molecule has 0 aliphatic carbocycles. The third-order valence-electron chi connectivity index (χ3n) is 2.87. The molecule has 23 heavy (non-hydrogen) atoms. The van der Waals surface area contributed by atoms with E-state index in [1.165, 1.54) is 6.07 Å². The van der Waals surface area contributed by atoms with Crippen molar-refractivity contribution in [3.63, 3.8) is 0 Å². The van der Waals surface area contributed by atoms with E-state index in [1.807, 2.05) is 19.1 Å². The minimum atomic E-state index is -1.00. The summed E-state index contributed by atoms with van der Waals surface area (Å²) >= 11 is 6.90. The van der Waals surface area contributed by atoms with Crippen molar-refractivity contribution in [2.24, 2.45) is 5.10 Å². The normalized spacial score (nSPS) is 10.7. The Kier molecular flexibility index (Phi) is 6.18. The number of aromatic carboxylic acids is 1. The lowest BCUT2D eigenvalue weighted by Gasteiger charge is -2.09. The molecule has 0 spiro atoms. The Labute approximate surface area is 150 Å². The number of ether oxygens (including phenoxy) is 1. The Morgan fingerprint density at radius 3 is 2.57 bits per heavy atom. The molecule has 0 aliphatic heterocycles. The summed E-state index contributed by atoms with van der Waals surface area (Å²) in [5.74, 6) is -0.274. The van der Waals surface area contributed by atoms with Crippen molar-refractivity contribution in [2.45, 2.75) is 6.92 Å². The Bertz CT molecular complexity index is 725. The Morgan fingerprint density at radius 2 is 1.96 bits per heavy atom. The number of carboxylic acids is 1. The van der Waals surface area contributed by atoms with Gasteiger partial charge in [0, 0.05) is 0 Å². The van der Waals surface area contributed by atoms with E-state index in [0.29, 0.717) is 12.3 Å². The fourth-order valence-corrected chi connectivity index (χ4v) is 3.33. The second-order valence-electron chi connectivity index (χ2n) is 4.47. The zero-order valence-corrected chi connectivity index (χ0v) is 15.4. The lowest BCUT2D eigenvalue weighted by molar-refractivity contribution is 0.0698. The molecule has 0 saturated carbocycles. The number of hydrogen-bond acceptors (Lipinski definition) is 4. The standard InChI is InChI=1S/C16H14Br2N2O3/c1-2-23-15-12(17)7-10(8-13(15)18)9-19-20-14-6-4-3-5-11(14)16(21)22/h3-9,20H,2H2,1H3,(H,21,22). The Morgan fingerprint density at radius 1 is 1.30 bits per heavy atom. The van der Waals surface area contributed by atoms with Crippen LogP contribution < -0.4 is 10.2 Å². The Balaban J connectivity index is 2.17. The highest BCUT2D eigenvalue weighted by atomic mass is 79.9. The fourth-order valence-electron chi connectivity index (χ4n) is 1.88. The van der Waals surface area contributed by atoms with Gasteiger partial charge in [-0.05, 0) is 68.6 Å². The molecule has 0 aromatic heterocycles. The number of rotatable bonds is 6. The highest BCUT2D eigenvalue weighted by Crippen LogP contribution is 2.34. The molecule has 0 unspecified atom stereocenters. The van der Waals surface area contributed by atoms with E-state index in [1.54, 1.807) is 24.4 Å². The van der Waals surface area contributed by atoms with Crippen LogP contribution in [-0.2, 0) is 0 Å². The number of nitrogens with one attached hydrogen (secondary N) is 1. The van der Waals surface area contributed by atoms with E-state index < -0.39 is 5.97 Å². The van der Waals surface area contributed by atoms with Gasteiger partial charge in [-0.1, -0.05) is 12.1 Å². The second-order valence-corrected chi connectivity index (χ2v) is 6.18. The summed E-state index contributed by atoms with van der Waals surface area (Å²) in [5, 5.41) is 13.2. The van der Waals surface area contributed by atoms with Gasteiger partial charge in [-0.3, -0.25) is 5.43 Å². The van der Waals surface area contributed by atoms with Gasteiger partial charge in [0.15, 0.2) is 0 Å². The molecular formula is C16H14Br2N2O3. The first kappa shape index (κ1) is 17.5. The topological polar surface area (TPSA) is 70.9 Å². The predicted molar refractivity (Wildman–Crippen MR) is 97.6 cm³/mol. The van der Waals surface area contributed by atoms with Gasteiger partial charge >= 0.3 is 5.97 Å². The number of para-hydroxylation sites is 1. The van der Waals surface area contributed by atoms with Crippen molar-refractivity contribution in [3.8, 4) is 5.75 Å². The number of carbonyl (C=O) groups is 1. The van der Waals surface area contributed by atoms with Gasteiger partial charge in [-0.25, -0.2) is 4.79 Å². The zero-order chi connectivity index (χ0) is 16.8. The number of nitrogens with zero attached hydrogens (tertiary/aromatic N) is 1. The monoisotopic (exact) mass is 440 g/mol. The summed E-state index contributed by atoms with van der Waals surface area (Å²) in [5.41, 5.74) is 4.17. The number of halogens is 2. The fraction of sp³-hybridized carbons (Fsp3) is 0.125. The summed E-state index contributed by atoms with van der Waals surface area (Å²) < 4.78 is 7.13. The summed E-state index contributed by atoms with van der Waals surface area (Å²) in [7, 11) is 0. The first-order chi connectivity index (χ1) is 11.0. The van der Waals surface area contributed by atoms with Crippen molar-refractivity contribution in [1.82, 2.24) is 0 Å². The van der Waals surface area contributed by atoms with Gasteiger partial charge < -0.3 is 9.84 Å². The number of benzene rings is 2. The molecular weight excluding hydrogens is 428 g/mol. The van der Waals surface area contributed by atoms with Crippen LogP contribution in [0.4, 0.5) is 5.69 Å². The minimum absolute atomic E-state index is 0.165. The average molecular weight is 442 g/mol. The Hall–Kier alpha value is -1.86. The van der Waals surface area contributed by atoms with E-state index in [2.05, 4.69) is 42.4 Å². The molecule has 2 aromatic carbocycles. The number of anilines is 1.